The number of ketones is 1. The number of rotatable bonds is 3. The molecule has 0 rings (SSSR count). The quantitative estimate of drug-likeness (QED) is 0.545. The van der Waals surface area contributed by atoms with Crippen LogP contribution in [-0.2, 0) is 14.3 Å². The van der Waals surface area contributed by atoms with E-state index in [1.807, 2.05) is 0 Å². The van der Waals surface area contributed by atoms with Crippen LogP contribution in [0.5, 0.6) is 0 Å². The number of carbonyl (C=O) groups excluding carboxylic acids is 2. The summed E-state index contributed by atoms with van der Waals surface area (Å²) >= 11 is 0. The van der Waals surface area contributed by atoms with Crippen molar-refractivity contribution in [2.75, 3.05) is 7.11 Å². The zero-order chi connectivity index (χ0) is 8.15. The molecule has 0 aromatic heterocycles. The van der Waals surface area contributed by atoms with E-state index >= 15 is 0 Å². The van der Waals surface area contributed by atoms with Crippen molar-refractivity contribution in [2.24, 2.45) is 0 Å². The zero-order valence-electron chi connectivity index (χ0n) is 5.96. The number of Topliss-reactive ketones (excluding diaryl/α,β-unsaturated/α-hetero) is 1. The zero-order valence-corrected chi connectivity index (χ0v) is 5.96. The van der Waals surface area contributed by atoms with E-state index in [9.17, 15) is 9.59 Å². The Hall–Kier alpha value is -0.900. The molecule has 0 aliphatic rings. The molecule has 0 amide bonds. The topological polar surface area (TPSA) is 63.6 Å². The summed E-state index contributed by atoms with van der Waals surface area (Å²) in [6.07, 6.45) is -1.48. The van der Waals surface area contributed by atoms with Crippen LogP contribution in [-0.4, -0.2) is 30.1 Å². The minimum atomic E-state index is -1.30. The summed E-state index contributed by atoms with van der Waals surface area (Å²) < 4.78 is 4.17. The van der Waals surface area contributed by atoms with Gasteiger partial charge in [0.05, 0.1) is 7.11 Å². The second kappa shape index (κ2) is 4.00. The Kier molecular flexibility index (Phi) is 3.64. The lowest BCUT2D eigenvalue weighted by atomic mass is 10.2. The van der Waals surface area contributed by atoms with Crippen LogP contribution < -0.4 is 0 Å². The highest BCUT2D eigenvalue weighted by atomic mass is 16.5. The number of aliphatic hydroxyl groups excluding tert-OH is 1. The molecule has 0 aromatic rings. The molecule has 4 heteroatoms. The highest BCUT2D eigenvalue weighted by Gasteiger charge is 2.16. The van der Waals surface area contributed by atoms with Crippen LogP contribution in [0.3, 0.4) is 0 Å². The molecule has 58 valence electrons. The Morgan fingerprint density at radius 2 is 2.10 bits per heavy atom. The van der Waals surface area contributed by atoms with E-state index in [4.69, 9.17) is 5.11 Å². The molecule has 0 aliphatic heterocycles. The molecule has 0 unspecified atom stereocenters. The maximum absolute atomic E-state index is 10.4. The van der Waals surface area contributed by atoms with Crippen LogP contribution in [0, 0.1) is 0 Å². The van der Waals surface area contributed by atoms with Crippen LogP contribution in [0.15, 0.2) is 0 Å². The molecular weight excluding hydrogens is 136 g/mol. The molecule has 0 heterocycles. The maximum Gasteiger partial charge on any atom is 0.335 e. The number of carbonyl (C=O) groups is 2. The van der Waals surface area contributed by atoms with E-state index < -0.39 is 12.1 Å². The molecule has 0 aliphatic carbocycles. The fourth-order valence-electron chi connectivity index (χ4n) is 0.492. The first kappa shape index (κ1) is 9.10. The molecule has 0 bridgehead atoms. The first-order valence-corrected chi connectivity index (χ1v) is 2.83. The van der Waals surface area contributed by atoms with Gasteiger partial charge in [0.25, 0.3) is 0 Å². The number of methoxy groups -OCH3 is 1. The Balaban J connectivity index is 3.72. The summed E-state index contributed by atoms with van der Waals surface area (Å²) in [4.78, 5) is 20.7. The van der Waals surface area contributed by atoms with Crippen LogP contribution in [0.1, 0.15) is 13.3 Å². The number of aliphatic hydroxyl groups is 1. The predicted molar refractivity (Wildman–Crippen MR) is 33.3 cm³/mol. The minimum absolute atomic E-state index is 0.174. The average molecular weight is 146 g/mol. The number of hydrogen-bond donors (Lipinski definition) is 1. The summed E-state index contributed by atoms with van der Waals surface area (Å²) in [5.41, 5.74) is 0. The molecule has 0 aromatic carbocycles. The lowest BCUT2D eigenvalue weighted by Crippen LogP contribution is -2.23. The van der Waals surface area contributed by atoms with Crippen LogP contribution in [0.25, 0.3) is 0 Å². The fourth-order valence-corrected chi connectivity index (χ4v) is 0.492. The first-order valence-electron chi connectivity index (χ1n) is 2.83. The molecular formula is C6H10O4. The Bertz CT molecular complexity index is 141. The minimum Gasteiger partial charge on any atom is -0.467 e. The van der Waals surface area contributed by atoms with Gasteiger partial charge >= 0.3 is 5.97 Å². The van der Waals surface area contributed by atoms with Gasteiger partial charge in [-0.15, -0.1) is 0 Å². The standard InChI is InChI=1S/C6H10O4/c1-4(7)3-5(8)6(9)10-2/h5,8H,3H2,1-2H3/t5-/m1/s1. The molecule has 1 N–H and O–H groups in total. The van der Waals surface area contributed by atoms with Crippen molar-refractivity contribution in [1.29, 1.82) is 0 Å². The van der Waals surface area contributed by atoms with Crippen molar-refractivity contribution in [3.05, 3.63) is 0 Å². The SMILES string of the molecule is COC(=O)[C@H](O)CC(C)=O. The van der Waals surface area contributed by atoms with Gasteiger partial charge in [-0.3, -0.25) is 4.79 Å². The van der Waals surface area contributed by atoms with Gasteiger partial charge in [0.1, 0.15) is 5.78 Å². The molecule has 0 radical (unpaired) electrons. The normalized spacial score (nSPS) is 12.3. The van der Waals surface area contributed by atoms with Crippen LogP contribution in [0.2, 0.25) is 0 Å². The third-order valence-corrected chi connectivity index (χ3v) is 0.954. The van der Waals surface area contributed by atoms with Gasteiger partial charge in [0.2, 0.25) is 0 Å². The predicted octanol–water partition coefficient (Wildman–Crippen LogP) is -0.501. The Morgan fingerprint density at radius 3 is 2.40 bits per heavy atom. The Labute approximate surface area is 58.8 Å². The largest absolute Gasteiger partial charge is 0.467 e. The lowest BCUT2D eigenvalue weighted by Gasteiger charge is -2.03. The summed E-state index contributed by atoms with van der Waals surface area (Å²) in [7, 11) is 1.16. The van der Waals surface area contributed by atoms with Crippen molar-refractivity contribution >= 4 is 11.8 Å². The van der Waals surface area contributed by atoms with Crippen LogP contribution >= 0.6 is 0 Å². The van der Waals surface area contributed by atoms with E-state index in [1.165, 1.54) is 6.92 Å². The van der Waals surface area contributed by atoms with E-state index in [0.717, 1.165) is 7.11 Å². The third-order valence-electron chi connectivity index (χ3n) is 0.954. The highest BCUT2D eigenvalue weighted by molar-refractivity contribution is 5.84. The molecule has 0 fully saturated rings. The van der Waals surface area contributed by atoms with Gasteiger partial charge in [0.15, 0.2) is 6.10 Å². The molecule has 4 nitrogen and oxygen atoms in total. The van der Waals surface area contributed by atoms with Gasteiger partial charge in [-0.05, 0) is 6.92 Å². The number of ether oxygens (including phenoxy) is 1. The number of hydrogen-bond acceptors (Lipinski definition) is 4. The monoisotopic (exact) mass is 146 g/mol. The lowest BCUT2D eigenvalue weighted by molar-refractivity contribution is -0.152. The molecule has 0 spiro atoms. The van der Waals surface area contributed by atoms with Crippen molar-refractivity contribution in [1.82, 2.24) is 0 Å². The van der Waals surface area contributed by atoms with Gasteiger partial charge in [-0.2, -0.15) is 0 Å². The first-order chi connectivity index (χ1) is 4.57. The molecule has 10 heavy (non-hydrogen) atoms. The third kappa shape index (κ3) is 3.19. The van der Waals surface area contributed by atoms with E-state index in [-0.39, 0.29) is 12.2 Å². The average Bonchev–Trinajstić information content (AvgIpc) is 1.85. The Morgan fingerprint density at radius 1 is 1.60 bits per heavy atom. The highest BCUT2D eigenvalue weighted by Crippen LogP contribution is 1.94. The molecule has 1 atom stereocenters. The van der Waals surface area contributed by atoms with E-state index in [2.05, 4.69) is 4.74 Å². The van der Waals surface area contributed by atoms with Gasteiger partial charge in [-0.25, -0.2) is 4.79 Å². The van der Waals surface area contributed by atoms with Gasteiger partial charge in [0, 0.05) is 6.42 Å². The van der Waals surface area contributed by atoms with Crippen LogP contribution in [0.4, 0.5) is 0 Å². The summed E-state index contributed by atoms with van der Waals surface area (Å²) in [5.74, 6) is -1.01. The van der Waals surface area contributed by atoms with Crippen molar-refractivity contribution < 1.29 is 19.4 Å². The summed E-state index contributed by atoms with van der Waals surface area (Å²) in [6, 6.07) is 0. The second-order valence-corrected chi connectivity index (χ2v) is 1.95. The van der Waals surface area contributed by atoms with Crippen molar-refractivity contribution in [2.45, 2.75) is 19.4 Å². The molecule has 0 saturated carbocycles. The maximum atomic E-state index is 10.4. The van der Waals surface area contributed by atoms with Gasteiger partial charge < -0.3 is 9.84 Å². The van der Waals surface area contributed by atoms with E-state index in [0.29, 0.717) is 0 Å². The molecule has 0 saturated heterocycles. The fraction of sp³-hybridized carbons (Fsp3) is 0.667. The van der Waals surface area contributed by atoms with Gasteiger partial charge in [-0.1, -0.05) is 0 Å². The van der Waals surface area contributed by atoms with E-state index in [1.54, 1.807) is 0 Å². The summed E-state index contributed by atoms with van der Waals surface area (Å²) in [6.45, 7) is 1.30. The second-order valence-electron chi connectivity index (χ2n) is 1.95. The summed E-state index contributed by atoms with van der Waals surface area (Å²) in [5, 5.41) is 8.79. The smallest absolute Gasteiger partial charge is 0.335 e. The van der Waals surface area contributed by atoms with Crippen molar-refractivity contribution in [3.8, 4) is 0 Å². The van der Waals surface area contributed by atoms with Crippen molar-refractivity contribution in [3.63, 3.8) is 0 Å². The number of esters is 1.